The third-order valence-electron chi connectivity index (χ3n) is 1.84. The molecular weight excluding hydrogens is 233 g/mol. The van der Waals surface area contributed by atoms with Gasteiger partial charge in [-0.15, -0.1) is 0 Å². The van der Waals surface area contributed by atoms with Crippen LogP contribution in [0.1, 0.15) is 0 Å². The highest BCUT2D eigenvalue weighted by atomic mass is 35.5. The smallest absolute Gasteiger partial charge is 0.134 e. The van der Waals surface area contributed by atoms with Gasteiger partial charge < -0.3 is 10.1 Å². The zero-order chi connectivity index (χ0) is 10.7. The molecule has 0 amide bonds. The predicted octanol–water partition coefficient (Wildman–Crippen LogP) is 3.18. The molecule has 1 radical (unpaired) electrons. The number of ether oxygens (including phenoxy) is 1. The van der Waals surface area contributed by atoms with E-state index < -0.39 is 0 Å². The predicted molar refractivity (Wildman–Crippen MR) is 61.0 cm³/mol. The molecule has 0 aromatic heterocycles. The zero-order valence-electron chi connectivity index (χ0n) is 7.76. The van der Waals surface area contributed by atoms with E-state index in [0.717, 1.165) is 6.54 Å². The van der Waals surface area contributed by atoms with Gasteiger partial charge in [-0.3, -0.25) is 0 Å². The quantitative estimate of drug-likeness (QED) is 0.858. The highest BCUT2D eigenvalue weighted by Crippen LogP contribution is 2.27. The second kappa shape index (κ2) is 4.60. The van der Waals surface area contributed by atoms with Gasteiger partial charge in [0, 0.05) is 24.9 Å². The summed E-state index contributed by atoms with van der Waals surface area (Å²) in [7, 11) is 0. The van der Waals surface area contributed by atoms with Crippen molar-refractivity contribution >= 4 is 23.2 Å². The fourth-order valence-electron chi connectivity index (χ4n) is 1.13. The van der Waals surface area contributed by atoms with Gasteiger partial charge >= 0.3 is 0 Å². The molecular formula is C11H8Cl2NO. The third kappa shape index (κ3) is 2.67. The van der Waals surface area contributed by atoms with Gasteiger partial charge in [-0.1, -0.05) is 23.2 Å². The Morgan fingerprint density at radius 3 is 2.80 bits per heavy atom. The molecule has 1 N–H and O–H groups in total. The van der Waals surface area contributed by atoms with Crippen LogP contribution < -0.4 is 10.1 Å². The van der Waals surface area contributed by atoms with Crippen LogP contribution in [0.3, 0.4) is 0 Å². The van der Waals surface area contributed by atoms with E-state index in [2.05, 4.69) is 11.4 Å². The summed E-state index contributed by atoms with van der Waals surface area (Å²) in [6.07, 6.45) is 6.53. The van der Waals surface area contributed by atoms with Crippen molar-refractivity contribution in [1.82, 2.24) is 5.32 Å². The van der Waals surface area contributed by atoms with E-state index in [-0.39, 0.29) is 0 Å². The highest BCUT2D eigenvalue weighted by molar-refractivity contribution is 6.42. The molecule has 1 aromatic rings. The molecule has 77 valence electrons. The van der Waals surface area contributed by atoms with Crippen molar-refractivity contribution in [1.29, 1.82) is 0 Å². The normalized spacial score (nSPS) is 14.4. The first-order valence-corrected chi connectivity index (χ1v) is 5.16. The maximum absolute atomic E-state index is 5.86. The second-order valence-electron chi connectivity index (χ2n) is 2.94. The lowest BCUT2D eigenvalue weighted by molar-refractivity contribution is 0.434. The van der Waals surface area contributed by atoms with E-state index in [0.29, 0.717) is 21.6 Å². The first kappa shape index (κ1) is 10.4. The molecule has 2 nitrogen and oxygen atoms in total. The number of hydrogen-bond donors (Lipinski definition) is 1. The molecule has 0 bridgehead atoms. The number of rotatable bonds is 2. The fourth-order valence-corrected chi connectivity index (χ4v) is 1.42. The average Bonchev–Trinajstić information content (AvgIpc) is 2.25. The van der Waals surface area contributed by atoms with Gasteiger partial charge in [0.2, 0.25) is 0 Å². The van der Waals surface area contributed by atoms with Crippen LogP contribution in [0, 0.1) is 6.08 Å². The SMILES string of the molecule is Clc1ccc(OC2=CCNC=[C]2)cc1Cl. The van der Waals surface area contributed by atoms with Crippen molar-refractivity contribution in [2.45, 2.75) is 0 Å². The van der Waals surface area contributed by atoms with E-state index in [4.69, 9.17) is 27.9 Å². The standard InChI is InChI=1S/C11H8Cl2NO/c12-10-2-1-9(7-11(10)13)15-8-3-5-14-6-4-8/h1-3,6-7,14H,5H2. The maximum Gasteiger partial charge on any atom is 0.134 e. The molecule has 2 rings (SSSR count). The average molecular weight is 241 g/mol. The van der Waals surface area contributed by atoms with Crippen LogP contribution in [0.25, 0.3) is 0 Å². The van der Waals surface area contributed by atoms with Gasteiger partial charge in [0.1, 0.15) is 11.5 Å². The van der Waals surface area contributed by atoms with Gasteiger partial charge in [0.15, 0.2) is 0 Å². The van der Waals surface area contributed by atoms with Crippen LogP contribution in [-0.2, 0) is 0 Å². The summed E-state index contributed by atoms with van der Waals surface area (Å²) < 4.78 is 5.53. The molecule has 1 heterocycles. The van der Waals surface area contributed by atoms with Crippen LogP contribution in [0.4, 0.5) is 0 Å². The van der Waals surface area contributed by atoms with Gasteiger partial charge in [0.05, 0.1) is 10.0 Å². The number of dihydropyridines is 1. The number of hydrogen-bond acceptors (Lipinski definition) is 2. The minimum absolute atomic E-state index is 0.479. The molecule has 0 spiro atoms. The van der Waals surface area contributed by atoms with Gasteiger partial charge in [-0.25, -0.2) is 0 Å². The lowest BCUT2D eigenvalue weighted by Crippen LogP contribution is -2.11. The Hall–Kier alpha value is -1.12. The first-order valence-electron chi connectivity index (χ1n) is 4.40. The molecule has 1 aliphatic heterocycles. The summed E-state index contributed by atoms with van der Waals surface area (Å²) in [6.45, 7) is 0.740. The van der Waals surface area contributed by atoms with Crippen molar-refractivity contribution in [3.8, 4) is 5.75 Å². The largest absolute Gasteiger partial charge is 0.457 e. The van der Waals surface area contributed by atoms with Crippen molar-refractivity contribution in [3.63, 3.8) is 0 Å². The summed E-state index contributed by atoms with van der Waals surface area (Å²) in [5.41, 5.74) is 0. The summed E-state index contributed by atoms with van der Waals surface area (Å²) >= 11 is 11.6. The van der Waals surface area contributed by atoms with Crippen molar-refractivity contribution in [3.05, 3.63) is 52.4 Å². The number of benzene rings is 1. The van der Waals surface area contributed by atoms with Gasteiger partial charge in [-0.05, 0) is 18.2 Å². The monoisotopic (exact) mass is 240 g/mol. The van der Waals surface area contributed by atoms with Gasteiger partial charge in [0.25, 0.3) is 0 Å². The molecule has 1 aliphatic rings. The minimum atomic E-state index is 0.479. The van der Waals surface area contributed by atoms with E-state index in [1.54, 1.807) is 24.4 Å². The lowest BCUT2D eigenvalue weighted by Gasteiger charge is -2.10. The van der Waals surface area contributed by atoms with Crippen LogP contribution in [0.5, 0.6) is 5.75 Å². The van der Waals surface area contributed by atoms with E-state index >= 15 is 0 Å². The van der Waals surface area contributed by atoms with E-state index in [9.17, 15) is 0 Å². The summed E-state index contributed by atoms with van der Waals surface area (Å²) in [4.78, 5) is 0. The van der Waals surface area contributed by atoms with Crippen LogP contribution in [-0.4, -0.2) is 6.54 Å². The molecule has 0 fully saturated rings. The molecule has 0 saturated carbocycles. The van der Waals surface area contributed by atoms with Crippen LogP contribution in [0.2, 0.25) is 10.0 Å². The molecule has 4 heteroatoms. The topological polar surface area (TPSA) is 21.3 Å². The number of nitrogens with one attached hydrogen (secondary N) is 1. The summed E-state index contributed by atoms with van der Waals surface area (Å²) in [6, 6.07) is 5.14. The molecule has 0 saturated heterocycles. The van der Waals surface area contributed by atoms with Crippen molar-refractivity contribution in [2.75, 3.05) is 6.54 Å². The van der Waals surface area contributed by atoms with E-state index in [1.165, 1.54) is 0 Å². The summed E-state index contributed by atoms with van der Waals surface area (Å²) in [5, 5.41) is 3.98. The Morgan fingerprint density at radius 1 is 1.27 bits per heavy atom. The Bertz CT molecular complexity index is 427. The molecule has 0 aliphatic carbocycles. The second-order valence-corrected chi connectivity index (χ2v) is 3.76. The molecule has 15 heavy (non-hydrogen) atoms. The Kier molecular flexibility index (Phi) is 3.19. The Balaban J connectivity index is 2.14. The van der Waals surface area contributed by atoms with Gasteiger partial charge in [-0.2, -0.15) is 0 Å². The molecule has 0 atom stereocenters. The van der Waals surface area contributed by atoms with Crippen LogP contribution >= 0.6 is 23.2 Å². The van der Waals surface area contributed by atoms with Crippen molar-refractivity contribution in [2.24, 2.45) is 0 Å². The number of halogens is 2. The minimum Gasteiger partial charge on any atom is -0.457 e. The fraction of sp³-hybridized carbons (Fsp3) is 0.0909. The highest BCUT2D eigenvalue weighted by Gasteiger charge is 2.03. The Morgan fingerprint density at radius 2 is 2.13 bits per heavy atom. The van der Waals surface area contributed by atoms with Crippen molar-refractivity contribution < 1.29 is 4.74 Å². The van der Waals surface area contributed by atoms with E-state index in [1.807, 2.05) is 6.08 Å². The zero-order valence-corrected chi connectivity index (χ0v) is 9.27. The molecule has 1 aromatic carbocycles. The first-order chi connectivity index (χ1) is 7.25. The molecule has 0 unspecified atom stereocenters. The lowest BCUT2D eigenvalue weighted by atomic mass is 10.3. The maximum atomic E-state index is 5.86. The van der Waals surface area contributed by atoms with Crippen LogP contribution in [0.15, 0.2) is 36.2 Å². The summed E-state index contributed by atoms with van der Waals surface area (Å²) in [5.74, 6) is 1.32. The Labute approximate surface area is 98.1 Å². The third-order valence-corrected chi connectivity index (χ3v) is 2.58. The number of allylic oxidation sites excluding steroid dienone is 1.